The van der Waals surface area contributed by atoms with E-state index in [1.165, 1.54) is 16.7 Å². The van der Waals surface area contributed by atoms with Crippen LogP contribution in [0.1, 0.15) is 31.9 Å². The highest BCUT2D eigenvalue weighted by Crippen LogP contribution is 2.25. The van der Waals surface area contributed by atoms with Gasteiger partial charge in [0.05, 0.1) is 7.11 Å². The fraction of sp³-hybridized carbons (Fsp3) is 0.333. The van der Waals surface area contributed by atoms with Gasteiger partial charge in [-0.25, -0.2) is 0 Å². The van der Waals surface area contributed by atoms with Crippen LogP contribution < -0.4 is 10.1 Å². The van der Waals surface area contributed by atoms with Crippen LogP contribution in [0.25, 0.3) is 11.1 Å². The minimum absolute atomic E-state index is 0.449. The summed E-state index contributed by atoms with van der Waals surface area (Å²) in [5, 5.41) is 3.51. The van der Waals surface area contributed by atoms with E-state index in [-0.39, 0.29) is 0 Å². The van der Waals surface area contributed by atoms with E-state index in [9.17, 15) is 0 Å². The summed E-state index contributed by atoms with van der Waals surface area (Å²) in [6.45, 7) is 5.36. The Morgan fingerprint density at radius 2 is 1.45 bits per heavy atom. The second-order valence-electron chi connectivity index (χ2n) is 4.87. The molecule has 106 valence electrons. The van der Waals surface area contributed by atoms with Gasteiger partial charge in [0, 0.05) is 6.04 Å². The van der Waals surface area contributed by atoms with Gasteiger partial charge in [0.1, 0.15) is 5.75 Å². The van der Waals surface area contributed by atoms with Crippen LogP contribution in [0.4, 0.5) is 0 Å². The molecule has 0 spiro atoms. The predicted octanol–water partition coefficient (Wildman–Crippen LogP) is 4.42. The fourth-order valence-corrected chi connectivity index (χ4v) is 2.44. The molecule has 0 fully saturated rings. The average molecular weight is 269 g/mol. The Morgan fingerprint density at radius 1 is 0.900 bits per heavy atom. The van der Waals surface area contributed by atoms with Gasteiger partial charge < -0.3 is 10.1 Å². The molecule has 0 aliphatic carbocycles. The summed E-state index contributed by atoms with van der Waals surface area (Å²) in [6, 6.07) is 17.4. The summed E-state index contributed by atoms with van der Waals surface area (Å²) >= 11 is 0. The van der Waals surface area contributed by atoms with Gasteiger partial charge in [-0.2, -0.15) is 0 Å². The topological polar surface area (TPSA) is 21.3 Å². The molecule has 0 aliphatic heterocycles. The molecular weight excluding hydrogens is 246 g/mol. The van der Waals surface area contributed by atoms with Crippen LogP contribution in [-0.2, 0) is 0 Å². The first kappa shape index (κ1) is 14.6. The van der Waals surface area contributed by atoms with Gasteiger partial charge >= 0.3 is 0 Å². The highest BCUT2D eigenvalue weighted by molar-refractivity contribution is 5.64. The molecule has 2 nitrogen and oxygen atoms in total. The first-order valence-electron chi connectivity index (χ1n) is 7.26. The molecule has 2 aromatic rings. The van der Waals surface area contributed by atoms with E-state index in [0.717, 1.165) is 18.7 Å². The van der Waals surface area contributed by atoms with Crippen molar-refractivity contribution in [2.45, 2.75) is 26.3 Å². The summed E-state index contributed by atoms with van der Waals surface area (Å²) in [5.74, 6) is 0.892. The molecule has 0 bridgehead atoms. The highest BCUT2D eigenvalue weighted by Gasteiger charge is 2.07. The maximum absolute atomic E-state index is 5.19. The second-order valence-corrected chi connectivity index (χ2v) is 4.87. The minimum atomic E-state index is 0.449. The Bertz CT molecular complexity index is 516. The van der Waals surface area contributed by atoms with E-state index in [4.69, 9.17) is 4.74 Å². The van der Waals surface area contributed by atoms with Crippen LogP contribution in [0.3, 0.4) is 0 Å². The first-order chi connectivity index (χ1) is 9.78. The zero-order valence-corrected chi connectivity index (χ0v) is 12.5. The number of nitrogens with one attached hydrogen (secondary N) is 1. The predicted molar refractivity (Wildman–Crippen MR) is 85.1 cm³/mol. The van der Waals surface area contributed by atoms with Gasteiger partial charge in [-0.3, -0.25) is 0 Å². The van der Waals surface area contributed by atoms with Crippen molar-refractivity contribution in [3.8, 4) is 16.9 Å². The quantitative estimate of drug-likeness (QED) is 0.838. The molecule has 0 saturated carbocycles. The van der Waals surface area contributed by atoms with Crippen molar-refractivity contribution < 1.29 is 4.74 Å². The van der Waals surface area contributed by atoms with E-state index in [0.29, 0.717) is 6.04 Å². The molecule has 20 heavy (non-hydrogen) atoms. The fourth-order valence-electron chi connectivity index (χ4n) is 2.44. The molecule has 0 amide bonds. The third-order valence-corrected chi connectivity index (χ3v) is 3.60. The number of hydrogen-bond donors (Lipinski definition) is 1. The molecule has 0 radical (unpaired) electrons. The van der Waals surface area contributed by atoms with Crippen LogP contribution in [0.15, 0.2) is 48.5 Å². The van der Waals surface area contributed by atoms with Crippen molar-refractivity contribution in [2.24, 2.45) is 0 Å². The zero-order valence-electron chi connectivity index (χ0n) is 12.5. The maximum Gasteiger partial charge on any atom is 0.118 e. The van der Waals surface area contributed by atoms with Crippen molar-refractivity contribution in [2.75, 3.05) is 13.7 Å². The molecule has 1 unspecified atom stereocenters. The van der Waals surface area contributed by atoms with Gasteiger partial charge in [-0.05, 0) is 41.8 Å². The van der Waals surface area contributed by atoms with Crippen molar-refractivity contribution >= 4 is 0 Å². The van der Waals surface area contributed by atoms with E-state index >= 15 is 0 Å². The van der Waals surface area contributed by atoms with Crippen LogP contribution in [-0.4, -0.2) is 13.7 Å². The largest absolute Gasteiger partial charge is 0.497 e. The number of benzene rings is 2. The molecule has 2 aromatic carbocycles. The zero-order chi connectivity index (χ0) is 14.4. The van der Waals surface area contributed by atoms with Crippen LogP contribution in [0.2, 0.25) is 0 Å². The lowest BCUT2D eigenvalue weighted by atomic mass is 9.99. The Labute approximate surface area is 121 Å². The number of methoxy groups -OCH3 is 1. The van der Waals surface area contributed by atoms with Crippen molar-refractivity contribution in [1.29, 1.82) is 0 Å². The van der Waals surface area contributed by atoms with Crippen molar-refractivity contribution in [3.05, 3.63) is 54.1 Å². The molecular formula is C18H23NO. The van der Waals surface area contributed by atoms with Gasteiger partial charge in [-0.1, -0.05) is 50.2 Å². The van der Waals surface area contributed by atoms with E-state index < -0.39 is 0 Å². The first-order valence-corrected chi connectivity index (χ1v) is 7.26. The molecule has 1 atom stereocenters. The van der Waals surface area contributed by atoms with E-state index in [1.807, 2.05) is 12.1 Å². The maximum atomic E-state index is 5.19. The highest BCUT2D eigenvalue weighted by atomic mass is 16.5. The Kier molecular flexibility index (Phi) is 5.19. The van der Waals surface area contributed by atoms with Gasteiger partial charge in [-0.15, -0.1) is 0 Å². The molecule has 2 rings (SSSR count). The van der Waals surface area contributed by atoms with Gasteiger partial charge in [0.15, 0.2) is 0 Å². The second kappa shape index (κ2) is 7.11. The molecule has 0 aromatic heterocycles. The smallest absolute Gasteiger partial charge is 0.118 e. The Hall–Kier alpha value is -1.80. The number of hydrogen-bond acceptors (Lipinski definition) is 2. The minimum Gasteiger partial charge on any atom is -0.497 e. The van der Waals surface area contributed by atoms with Crippen molar-refractivity contribution in [1.82, 2.24) is 5.32 Å². The Morgan fingerprint density at radius 3 is 1.90 bits per heavy atom. The molecule has 2 heteroatoms. The van der Waals surface area contributed by atoms with E-state index in [2.05, 4.69) is 55.6 Å². The normalized spacial score (nSPS) is 12.2. The monoisotopic (exact) mass is 269 g/mol. The lowest BCUT2D eigenvalue weighted by molar-refractivity contribution is 0.415. The standard InChI is InChI=1S/C18H23NO/c1-4-18(19-5-2)16-8-6-14(7-9-16)15-10-12-17(20-3)13-11-15/h6-13,18-19H,4-5H2,1-3H3. The van der Waals surface area contributed by atoms with Crippen LogP contribution >= 0.6 is 0 Å². The summed E-state index contributed by atoms with van der Waals surface area (Å²) < 4.78 is 5.19. The van der Waals surface area contributed by atoms with Gasteiger partial charge in [0.25, 0.3) is 0 Å². The molecule has 0 heterocycles. The Balaban J connectivity index is 2.18. The third kappa shape index (κ3) is 3.40. The van der Waals surface area contributed by atoms with Crippen molar-refractivity contribution in [3.63, 3.8) is 0 Å². The van der Waals surface area contributed by atoms with E-state index in [1.54, 1.807) is 7.11 Å². The lowest BCUT2D eigenvalue weighted by Gasteiger charge is -2.16. The lowest BCUT2D eigenvalue weighted by Crippen LogP contribution is -2.19. The summed E-state index contributed by atoms with van der Waals surface area (Å²) in [4.78, 5) is 0. The van der Waals surface area contributed by atoms with Crippen LogP contribution in [0, 0.1) is 0 Å². The molecule has 0 saturated heterocycles. The summed E-state index contributed by atoms with van der Waals surface area (Å²) in [5.41, 5.74) is 3.81. The SMILES string of the molecule is CCNC(CC)c1ccc(-c2ccc(OC)cc2)cc1. The third-order valence-electron chi connectivity index (χ3n) is 3.60. The average Bonchev–Trinajstić information content (AvgIpc) is 2.53. The summed E-state index contributed by atoms with van der Waals surface area (Å²) in [6.07, 6.45) is 1.11. The van der Waals surface area contributed by atoms with Gasteiger partial charge in [0.2, 0.25) is 0 Å². The van der Waals surface area contributed by atoms with Crippen LogP contribution in [0.5, 0.6) is 5.75 Å². The number of rotatable bonds is 6. The molecule has 0 aliphatic rings. The number of ether oxygens (including phenoxy) is 1. The molecule has 1 N–H and O–H groups in total. The summed E-state index contributed by atoms with van der Waals surface area (Å²) in [7, 11) is 1.69.